The Morgan fingerprint density at radius 3 is 2.55 bits per heavy atom. The van der Waals surface area contributed by atoms with Crippen molar-refractivity contribution in [3.05, 3.63) is 87.5 Å². The number of H-pyrrole nitrogens is 1. The maximum absolute atomic E-state index is 12.5. The molecule has 3 aromatic carbocycles. The lowest BCUT2D eigenvalue weighted by Gasteiger charge is -2.08. The van der Waals surface area contributed by atoms with Gasteiger partial charge in [0.05, 0.1) is 34.9 Å². The van der Waals surface area contributed by atoms with E-state index in [0.29, 0.717) is 34.4 Å². The molecule has 5 rings (SSSR count). The van der Waals surface area contributed by atoms with Crippen molar-refractivity contribution in [3.8, 4) is 5.75 Å². The molecular formula is C26H24Cl2N8O2. The van der Waals surface area contributed by atoms with Crippen molar-refractivity contribution in [2.75, 3.05) is 11.9 Å². The highest BCUT2D eigenvalue weighted by atomic mass is 35.5. The molecule has 0 aliphatic rings. The van der Waals surface area contributed by atoms with Crippen LogP contribution in [0.5, 0.6) is 5.75 Å². The SMILES string of the molecule is CCCOc1ccc(N=c2n(C)c3c(Cl)cc(Cl)cc3n2Cc2ccc(C(=O)Nc3nn[nH]n3)cc2)cc1. The molecule has 0 unspecified atom stereocenters. The predicted molar refractivity (Wildman–Crippen MR) is 146 cm³/mol. The summed E-state index contributed by atoms with van der Waals surface area (Å²) >= 11 is 13.0. The first-order valence-corrected chi connectivity index (χ1v) is 12.6. The number of carbonyl (C=O) groups is 1. The largest absolute Gasteiger partial charge is 0.494 e. The third-order valence-electron chi connectivity index (χ3n) is 5.84. The fraction of sp³-hybridized carbons (Fsp3) is 0.192. The lowest BCUT2D eigenvalue weighted by molar-refractivity contribution is 0.102. The summed E-state index contributed by atoms with van der Waals surface area (Å²) in [5, 5.41) is 16.8. The molecule has 2 aromatic heterocycles. The molecule has 0 spiro atoms. The summed E-state index contributed by atoms with van der Waals surface area (Å²) in [6.07, 6.45) is 0.940. The predicted octanol–water partition coefficient (Wildman–Crippen LogP) is 5.12. The zero-order valence-electron chi connectivity index (χ0n) is 20.7. The van der Waals surface area contributed by atoms with E-state index in [1.807, 2.05) is 58.6 Å². The number of hydrogen-bond acceptors (Lipinski definition) is 6. The Morgan fingerprint density at radius 2 is 1.87 bits per heavy atom. The van der Waals surface area contributed by atoms with E-state index in [9.17, 15) is 4.79 Å². The molecular weight excluding hydrogens is 527 g/mol. The van der Waals surface area contributed by atoms with Gasteiger partial charge in [-0.1, -0.05) is 47.4 Å². The van der Waals surface area contributed by atoms with Crippen LogP contribution in [0.25, 0.3) is 11.0 Å². The number of aromatic amines is 1. The van der Waals surface area contributed by atoms with Crippen molar-refractivity contribution in [1.82, 2.24) is 29.8 Å². The summed E-state index contributed by atoms with van der Waals surface area (Å²) in [7, 11) is 1.92. The number of aromatic nitrogens is 6. The van der Waals surface area contributed by atoms with Gasteiger partial charge in [-0.15, -0.1) is 5.10 Å². The standard InChI is InChI=1S/C26H24Cl2N8O2/c1-3-12-38-20-10-8-19(9-11-20)29-26-35(2)23-21(28)13-18(27)14-22(23)36(26)15-16-4-6-17(7-5-16)24(37)30-25-31-33-34-32-25/h4-11,13-14H,3,12,15H2,1-2H3,(H2,30,31,32,33,34,37). The normalized spacial score (nSPS) is 11.7. The van der Waals surface area contributed by atoms with E-state index in [-0.39, 0.29) is 11.9 Å². The monoisotopic (exact) mass is 550 g/mol. The number of carbonyl (C=O) groups excluding carboxylic acids is 1. The Bertz CT molecular complexity index is 1640. The second-order valence-corrected chi connectivity index (χ2v) is 9.38. The number of aryl methyl sites for hydroxylation is 1. The van der Waals surface area contributed by atoms with Gasteiger partial charge in [0.15, 0.2) is 0 Å². The lowest BCUT2D eigenvalue weighted by Crippen LogP contribution is -2.24. The van der Waals surface area contributed by atoms with Crippen molar-refractivity contribution in [1.29, 1.82) is 0 Å². The van der Waals surface area contributed by atoms with Gasteiger partial charge in [0, 0.05) is 17.6 Å². The highest BCUT2D eigenvalue weighted by molar-refractivity contribution is 6.38. The summed E-state index contributed by atoms with van der Waals surface area (Å²) in [4.78, 5) is 17.4. The molecule has 1 amide bonds. The number of benzene rings is 3. The molecule has 2 N–H and O–H groups in total. The van der Waals surface area contributed by atoms with Crippen LogP contribution < -0.4 is 15.7 Å². The number of anilines is 1. The van der Waals surface area contributed by atoms with Gasteiger partial charge in [-0.05, 0) is 65.7 Å². The number of hydrogen-bond donors (Lipinski definition) is 2. The Morgan fingerprint density at radius 1 is 1.11 bits per heavy atom. The molecule has 0 bridgehead atoms. The molecule has 0 fully saturated rings. The second-order valence-electron chi connectivity index (χ2n) is 8.54. The minimum Gasteiger partial charge on any atom is -0.494 e. The zero-order valence-corrected chi connectivity index (χ0v) is 22.2. The summed E-state index contributed by atoms with van der Waals surface area (Å²) in [6, 6.07) is 18.5. The van der Waals surface area contributed by atoms with Crippen LogP contribution in [0.15, 0.2) is 65.7 Å². The Balaban J connectivity index is 1.51. The highest BCUT2D eigenvalue weighted by Gasteiger charge is 2.15. The molecule has 0 aliphatic carbocycles. The summed E-state index contributed by atoms with van der Waals surface area (Å²) in [6.45, 7) is 3.20. The fourth-order valence-corrected chi connectivity index (χ4v) is 4.66. The summed E-state index contributed by atoms with van der Waals surface area (Å²) < 4.78 is 9.69. The van der Waals surface area contributed by atoms with Crippen molar-refractivity contribution >= 4 is 51.8 Å². The average Bonchev–Trinajstić information content (AvgIpc) is 3.51. The van der Waals surface area contributed by atoms with E-state index in [1.165, 1.54) is 0 Å². The van der Waals surface area contributed by atoms with Gasteiger partial charge in [-0.2, -0.15) is 5.21 Å². The van der Waals surface area contributed by atoms with E-state index >= 15 is 0 Å². The lowest BCUT2D eigenvalue weighted by atomic mass is 10.1. The average molecular weight is 551 g/mol. The molecule has 0 aliphatic heterocycles. The van der Waals surface area contributed by atoms with Gasteiger partial charge < -0.3 is 13.9 Å². The van der Waals surface area contributed by atoms with Gasteiger partial charge in [0.25, 0.3) is 11.9 Å². The minimum absolute atomic E-state index is 0.107. The van der Waals surface area contributed by atoms with E-state index in [0.717, 1.165) is 34.5 Å². The van der Waals surface area contributed by atoms with Crippen LogP contribution >= 0.6 is 23.2 Å². The van der Waals surface area contributed by atoms with Crippen LogP contribution in [0.1, 0.15) is 29.3 Å². The summed E-state index contributed by atoms with van der Waals surface area (Å²) in [5.74, 6) is 0.570. The van der Waals surface area contributed by atoms with Crippen LogP contribution in [0.3, 0.4) is 0 Å². The number of ether oxygens (including phenoxy) is 1. The number of imidazole rings is 1. The number of halogens is 2. The number of tetrazole rings is 1. The minimum atomic E-state index is -0.337. The van der Waals surface area contributed by atoms with Crippen molar-refractivity contribution in [2.45, 2.75) is 19.9 Å². The fourth-order valence-electron chi connectivity index (χ4n) is 4.06. The van der Waals surface area contributed by atoms with Crippen molar-refractivity contribution < 1.29 is 9.53 Å². The van der Waals surface area contributed by atoms with Gasteiger partial charge in [0.2, 0.25) is 5.62 Å². The molecule has 0 atom stereocenters. The third-order valence-corrected chi connectivity index (χ3v) is 6.35. The van der Waals surface area contributed by atoms with Gasteiger partial charge >= 0.3 is 0 Å². The first-order valence-electron chi connectivity index (χ1n) is 11.9. The van der Waals surface area contributed by atoms with Gasteiger partial charge in [0.1, 0.15) is 5.75 Å². The van der Waals surface area contributed by atoms with Crippen LogP contribution in [-0.4, -0.2) is 42.3 Å². The molecule has 2 heterocycles. The quantitative estimate of drug-likeness (QED) is 0.278. The van der Waals surface area contributed by atoms with Crippen LogP contribution in [0.2, 0.25) is 10.0 Å². The Kier molecular flexibility index (Phi) is 7.43. The first-order chi connectivity index (χ1) is 18.4. The van der Waals surface area contributed by atoms with E-state index in [2.05, 4.69) is 32.9 Å². The van der Waals surface area contributed by atoms with Gasteiger partial charge in [-0.3, -0.25) is 10.1 Å². The smallest absolute Gasteiger partial charge is 0.270 e. The first kappa shape index (κ1) is 25.5. The Labute approximate surface area is 227 Å². The molecule has 5 aromatic rings. The molecule has 0 saturated heterocycles. The third kappa shape index (κ3) is 5.41. The summed E-state index contributed by atoms with van der Waals surface area (Å²) in [5.41, 5.74) is 4.52. The van der Waals surface area contributed by atoms with Crippen LogP contribution in [0.4, 0.5) is 11.6 Å². The Hall–Kier alpha value is -4.15. The molecule has 10 nitrogen and oxygen atoms in total. The maximum Gasteiger partial charge on any atom is 0.270 e. The van der Waals surface area contributed by atoms with Crippen molar-refractivity contribution in [3.63, 3.8) is 0 Å². The number of fused-ring (bicyclic) bond motifs is 1. The number of nitrogens with zero attached hydrogens (tertiary/aromatic N) is 6. The van der Waals surface area contributed by atoms with E-state index in [4.69, 9.17) is 32.9 Å². The van der Waals surface area contributed by atoms with Crippen LogP contribution in [0, 0.1) is 0 Å². The second kappa shape index (κ2) is 11.1. The van der Waals surface area contributed by atoms with Gasteiger partial charge in [-0.25, -0.2) is 4.99 Å². The highest BCUT2D eigenvalue weighted by Crippen LogP contribution is 2.28. The van der Waals surface area contributed by atoms with E-state index in [1.54, 1.807) is 18.2 Å². The molecule has 12 heteroatoms. The molecule has 0 radical (unpaired) electrons. The van der Waals surface area contributed by atoms with Crippen molar-refractivity contribution in [2.24, 2.45) is 12.0 Å². The van der Waals surface area contributed by atoms with Crippen LogP contribution in [-0.2, 0) is 13.6 Å². The molecule has 0 saturated carbocycles. The molecule has 194 valence electrons. The molecule has 38 heavy (non-hydrogen) atoms. The maximum atomic E-state index is 12.5. The topological polar surface area (TPSA) is 115 Å². The zero-order chi connectivity index (χ0) is 26.6. The number of rotatable bonds is 8. The van der Waals surface area contributed by atoms with E-state index < -0.39 is 0 Å². The number of nitrogens with one attached hydrogen (secondary N) is 2. The number of amides is 1.